The van der Waals surface area contributed by atoms with Gasteiger partial charge < -0.3 is 9.88 Å². The van der Waals surface area contributed by atoms with Crippen LogP contribution in [0.25, 0.3) is 0 Å². The molecule has 1 aliphatic rings. The molecule has 0 radical (unpaired) electrons. The molecule has 7 heteroatoms. The number of nitrogens with one attached hydrogen (secondary N) is 1. The maximum absolute atomic E-state index is 14.9. The van der Waals surface area contributed by atoms with E-state index in [1.165, 1.54) is 32.1 Å². The average molecular weight is 481 g/mol. The first-order valence-electron chi connectivity index (χ1n) is 9.73. The second-order valence-electron chi connectivity index (χ2n) is 7.38. The highest BCUT2D eigenvalue weighted by Crippen LogP contribution is 2.30. The van der Waals surface area contributed by atoms with E-state index in [0.29, 0.717) is 22.9 Å². The van der Waals surface area contributed by atoms with Crippen LogP contribution in [0.5, 0.6) is 0 Å². The van der Waals surface area contributed by atoms with Crippen molar-refractivity contribution in [2.45, 2.75) is 45.6 Å². The molecule has 0 bridgehead atoms. The summed E-state index contributed by atoms with van der Waals surface area (Å²) in [6.07, 6.45) is 9.56. The third-order valence-electron chi connectivity index (χ3n) is 5.24. The molecule has 1 heterocycles. The van der Waals surface area contributed by atoms with Gasteiger partial charge in [-0.3, -0.25) is 4.79 Å². The van der Waals surface area contributed by atoms with Gasteiger partial charge in [-0.25, -0.2) is 9.37 Å². The number of halogens is 3. The molecule has 0 spiro atoms. The molecular formula is C22H24BrClFN3O. The van der Waals surface area contributed by atoms with Gasteiger partial charge in [-0.1, -0.05) is 46.8 Å². The Bertz CT molecular complexity index is 940. The first-order valence-corrected chi connectivity index (χ1v) is 10.9. The summed E-state index contributed by atoms with van der Waals surface area (Å²) in [5.41, 5.74) is 1.58. The van der Waals surface area contributed by atoms with Crippen molar-refractivity contribution in [3.05, 3.63) is 63.4 Å². The molecule has 0 atom stereocenters. The van der Waals surface area contributed by atoms with Crippen molar-refractivity contribution >= 4 is 45.2 Å². The molecule has 0 aliphatic heterocycles. The van der Waals surface area contributed by atoms with Crippen LogP contribution in [0.4, 0.5) is 15.8 Å². The summed E-state index contributed by atoms with van der Waals surface area (Å²) < 4.78 is 17.7. The fourth-order valence-electron chi connectivity index (χ4n) is 3.64. The lowest BCUT2D eigenvalue weighted by atomic mass is 9.89. The first-order chi connectivity index (χ1) is 14.0. The van der Waals surface area contributed by atoms with Crippen LogP contribution in [0.3, 0.4) is 0 Å². The van der Waals surface area contributed by atoms with Gasteiger partial charge in [-0.15, -0.1) is 0 Å². The molecule has 1 saturated carbocycles. The smallest absolute Gasteiger partial charge is 0.165 e. The highest BCUT2D eigenvalue weighted by atomic mass is 79.9. The van der Waals surface area contributed by atoms with E-state index < -0.39 is 5.82 Å². The maximum Gasteiger partial charge on any atom is 0.165 e. The topological polar surface area (TPSA) is 46.9 Å². The van der Waals surface area contributed by atoms with Crippen LogP contribution in [0.15, 0.2) is 41.3 Å². The lowest BCUT2D eigenvalue weighted by Gasteiger charge is -2.23. The van der Waals surface area contributed by atoms with E-state index in [1.54, 1.807) is 30.6 Å². The molecule has 0 saturated heterocycles. The van der Waals surface area contributed by atoms with E-state index in [1.807, 2.05) is 11.5 Å². The predicted octanol–water partition coefficient (Wildman–Crippen LogP) is 7.01. The maximum atomic E-state index is 14.9. The largest absolute Gasteiger partial charge is 0.351 e. The van der Waals surface area contributed by atoms with Crippen LogP contribution in [0, 0.1) is 18.7 Å². The van der Waals surface area contributed by atoms with Crippen molar-refractivity contribution in [3.63, 3.8) is 0 Å². The Morgan fingerprint density at radius 2 is 2.07 bits per heavy atom. The number of aryl methyl sites for hydroxylation is 1. The summed E-state index contributed by atoms with van der Waals surface area (Å²) in [4.78, 5) is 16.0. The van der Waals surface area contributed by atoms with Crippen LogP contribution in [-0.2, 0) is 6.54 Å². The molecule has 3 rings (SSSR count). The molecule has 1 fully saturated rings. The molecule has 1 aromatic heterocycles. The van der Waals surface area contributed by atoms with Crippen LogP contribution < -0.4 is 5.32 Å². The zero-order valence-corrected chi connectivity index (χ0v) is 18.6. The molecule has 4 nitrogen and oxygen atoms in total. The number of aromatic nitrogens is 2. The fraction of sp³-hybridized carbons (Fsp3) is 0.364. The molecule has 0 amide bonds. The molecule has 1 N–H and O–H groups in total. The first kappa shape index (κ1) is 21.8. The summed E-state index contributed by atoms with van der Waals surface area (Å²) >= 11 is 9.60. The van der Waals surface area contributed by atoms with E-state index >= 15 is 0 Å². The highest BCUT2D eigenvalue weighted by Gasteiger charge is 2.15. The Kier molecular flexibility index (Phi) is 7.67. The Morgan fingerprint density at radius 3 is 2.76 bits per heavy atom. The van der Waals surface area contributed by atoms with Gasteiger partial charge in [0.15, 0.2) is 12.1 Å². The summed E-state index contributed by atoms with van der Waals surface area (Å²) in [7, 11) is 0. The normalized spacial score (nSPS) is 14.3. The van der Waals surface area contributed by atoms with Gasteiger partial charge in [0, 0.05) is 22.3 Å². The van der Waals surface area contributed by atoms with E-state index in [0.717, 1.165) is 22.9 Å². The van der Waals surface area contributed by atoms with Crippen molar-refractivity contribution in [1.29, 1.82) is 0 Å². The van der Waals surface area contributed by atoms with Crippen LogP contribution in [-0.4, -0.2) is 15.8 Å². The molecule has 29 heavy (non-hydrogen) atoms. The third-order valence-corrected chi connectivity index (χ3v) is 6.04. The van der Waals surface area contributed by atoms with Crippen LogP contribution >= 0.6 is 27.5 Å². The number of anilines is 2. The van der Waals surface area contributed by atoms with Crippen molar-refractivity contribution in [2.24, 2.45) is 5.92 Å². The Hall–Kier alpha value is -1.92. The average Bonchev–Trinajstić information content (AvgIpc) is 2.75. The van der Waals surface area contributed by atoms with Crippen molar-refractivity contribution in [1.82, 2.24) is 9.55 Å². The number of nitrogens with zero attached hydrogens (tertiary/aromatic N) is 2. The van der Waals surface area contributed by atoms with E-state index in [4.69, 9.17) is 11.6 Å². The summed E-state index contributed by atoms with van der Waals surface area (Å²) in [6, 6.07) is 6.90. The number of hydrogen-bond acceptors (Lipinski definition) is 3. The Labute approximate surface area is 183 Å². The van der Waals surface area contributed by atoms with Gasteiger partial charge in [0.2, 0.25) is 0 Å². The molecular weight excluding hydrogens is 457 g/mol. The van der Waals surface area contributed by atoms with Gasteiger partial charge in [0.05, 0.1) is 28.9 Å². The molecule has 1 aliphatic carbocycles. The minimum Gasteiger partial charge on any atom is -0.351 e. The molecule has 154 valence electrons. The number of rotatable bonds is 5. The second-order valence-corrected chi connectivity index (χ2v) is 8.70. The van der Waals surface area contributed by atoms with E-state index in [-0.39, 0.29) is 11.3 Å². The van der Waals surface area contributed by atoms with Crippen LogP contribution in [0.2, 0.25) is 5.02 Å². The van der Waals surface area contributed by atoms with Crippen molar-refractivity contribution in [2.75, 3.05) is 5.32 Å². The lowest BCUT2D eigenvalue weighted by molar-refractivity contribution is 0.112. The minimum atomic E-state index is -0.633. The van der Waals surface area contributed by atoms with Crippen molar-refractivity contribution < 1.29 is 9.18 Å². The van der Waals surface area contributed by atoms with Gasteiger partial charge in [-0.05, 0) is 49.9 Å². The number of hydrogen-bond donors (Lipinski definition) is 1. The third kappa shape index (κ3) is 5.80. The van der Waals surface area contributed by atoms with Gasteiger partial charge in [0.1, 0.15) is 0 Å². The number of aldehydes is 1. The number of benzene rings is 1. The van der Waals surface area contributed by atoms with Gasteiger partial charge in [-0.2, -0.15) is 0 Å². The molecule has 2 aromatic rings. The quantitative estimate of drug-likeness (QED) is 0.468. The Morgan fingerprint density at radius 1 is 1.31 bits per heavy atom. The number of carbonyl (C=O) groups excluding carboxylic acids is 1. The second kappa shape index (κ2) is 10.2. The zero-order chi connectivity index (χ0) is 20.8. The summed E-state index contributed by atoms with van der Waals surface area (Å²) in [5.74, 6) is -0.0538. The fourth-order valence-corrected chi connectivity index (χ4v) is 4.36. The van der Waals surface area contributed by atoms with E-state index in [2.05, 4.69) is 26.2 Å². The lowest BCUT2D eigenvalue weighted by Crippen LogP contribution is -2.15. The summed E-state index contributed by atoms with van der Waals surface area (Å²) in [5, 5.41) is 3.36. The van der Waals surface area contributed by atoms with Gasteiger partial charge >= 0.3 is 0 Å². The van der Waals surface area contributed by atoms with Crippen molar-refractivity contribution in [3.8, 4) is 0 Å². The van der Waals surface area contributed by atoms with E-state index in [9.17, 15) is 9.18 Å². The molecule has 1 aromatic carbocycles. The highest BCUT2D eigenvalue weighted by molar-refractivity contribution is 9.10. The predicted molar refractivity (Wildman–Crippen MR) is 119 cm³/mol. The minimum absolute atomic E-state index is 0.0419. The number of carbonyl (C=O) groups is 1. The Balaban J connectivity index is 2.03. The SMILES string of the molecule is Cc1cc(C=O)c(Nc2ccc(Br)cc2Cl)c(F)cncn1CC1CCCCC1. The monoisotopic (exact) mass is 479 g/mol. The standard InChI is InChI=1S/C22H24BrClFN3O/c1-15-9-17(13-29)22(27-21-8-7-18(23)10-19(21)24)20(25)11-26-14-28(15)12-16-5-3-2-4-6-16/h7-11,13-14,16,27H,2-6,12H2,1H3. The summed E-state index contributed by atoms with van der Waals surface area (Å²) in [6.45, 7) is 2.72. The van der Waals surface area contributed by atoms with Crippen LogP contribution in [0.1, 0.15) is 48.2 Å². The molecule has 0 unspecified atom stereocenters. The zero-order valence-electron chi connectivity index (χ0n) is 16.3. The van der Waals surface area contributed by atoms with Gasteiger partial charge in [0.25, 0.3) is 0 Å².